The van der Waals surface area contributed by atoms with Gasteiger partial charge in [-0.2, -0.15) is 0 Å². The summed E-state index contributed by atoms with van der Waals surface area (Å²) in [5.74, 6) is 0.124. The highest BCUT2D eigenvalue weighted by Gasteiger charge is 2.17. The smallest absolute Gasteiger partial charge is 0.264 e. The quantitative estimate of drug-likeness (QED) is 0.835. The summed E-state index contributed by atoms with van der Waals surface area (Å²) in [5.41, 5.74) is 6.54. The van der Waals surface area contributed by atoms with Gasteiger partial charge in [-0.1, -0.05) is 6.92 Å². The Morgan fingerprint density at radius 2 is 1.95 bits per heavy atom. The van der Waals surface area contributed by atoms with Gasteiger partial charge in [-0.25, -0.2) is 0 Å². The van der Waals surface area contributed by atoms with E-state index >= 15 is 0 Å². The van der Waals surface area contributed by atoms with E-state index in [2.05, 4.69) is 11.8 Å². The van der Waals surface area contributed by atoms with Crippen LogP contribution in [-0.2, 0) is 0 Å². The second kappa shape index (κ2) is 6.91. The molecule has 0 saturated heterocycles. The molecule has 0 atom stereocenters. The molecule has 0 fully saturated rings. The van der Waals surface area contributed by atoms with Gasteiger partial charge in [-0.3, -0.25) is 4.79 Å². The van der Waals surface area contributed by atoms with Gasteiger partial charge in [0.05, 0.1) is 4.88 Å². The van der Waals surface area contributed by atoms with E-state index in [1.807, 2.05) is 43.3 Å². The van der Waals surface area contributed by atoms with E-state index < -0.39 is 0 Å². The summed E-state index contributed by atoms with van der Waals surface area (Å²) < 4.78 is 1.11. The van der Waals surface area contributed by atoms with Crippen LogP contribution in [0.25, 0.3) is 10.1 Å². The summed E-state index contributed by atoms with van der Waals surface area (Å²) in [6, 6.07) is 7.74. The van der Waals surface area contributed by atoms with Gasteiger partial charge in [-0.15, -0.1) is 11.3 Å². The highest BCUT2D eigenvalue weighted by Crippen LogP contribution is 2.28. The van der Waals surface area contributed by atoms with Crippen molar-refractivity contribution < 1.29 is 4.79 Å². The number of anilines is 1. The van der Waals surface area contributed by atoms with Crippen molar-refractivity contribution >= 4 is 33.0 Å². The number of carbonyl (C=O) groups excluding carboxylic acids is 1. The van der Waals surface area contributed by atoms with Crippen molar-refractivity contribution in [2.24, 2.45) is 0 Å². The zero-order valence-electron chi connectivity index (χ0n) is 12.9. The number of nitrogen functional groups attached to an aromatic ring is 1. The number of likely N-dealkylation sites (N-methyl/N-ethyl adjacent to an activating group) is 1. The highest BCUT2D eigenvalue weighted by molar-refractivity contribution is 7.20. The minimum atomic E-state index is 0.124. The van der Waals surface area contributed by atoms with Gasteiger partial charge in [-0.05, 0) is 50.2 Å². The summed E-state index contributed by atoms with van der Waals surface area (Å²) in [6.45, 7) is 4.53. The Morgan fingerprint density at radius 3 is 2.62 bits per heavy atom. The molecule has 2 rings (SSSR count). The Bertz CT molecular complexity index is 621. The first-order valence-corrected chi connectivity index (χ1v) is 8.06. The standard InChI is InChI=1S/C16H23N3OS/c1-4-7-19(9-8-18(2)3)16(20)15-11-12-10-13(17)5-6-14(12)21-15/h5-6,10-11H,4,7-9,17H2,1-3H3. The molecule has 114 valence electrons. The van der Waals surface area contributed by atoms with Gasteiger partial charge < -0.3 is 15.5 Å². The van der Waals surface area contributed by atoms with Gasteiger partial charge in [0.15, 0.2) is 0 Å². The van der Waals surface area contributed by atoms with Crippen molar-refractivity contribution in [2.75, 3.05) is 39.5 Å². The molecule has 0 unspecified atom stereocenters. The fourth-order valence-corrected chi connectivity index (χ4v) is 3.24. The molecule has 5 heteroatoms. The molecule has 0 radical (unpaired) electrons. The van der Waals surface area contributed by atoms with Gasteiger partial charge in [0.2, 0.25) is 0 Å². The van der Waals surface area contributed by atoms with E-state index in [1.165, 1.54) is 0 Å². The fourth-order valence-electron chi connectivity index (χ4n) is 2.23. The van der Waals surface area contributed by atoms with Crippen LogP contribution >= 0.6 is 11.3 Å². The molecule has 2 N–H and O–H groups in total. The lowest BCUT2D eigenvalue weighted by atomic mass is 10.2. The van der Waals surface area contributed by atoms with E-state index in [4.69, 9.17) is 5.73 Å². The second-order valence-corrected chi connectivity index (χ2v) is 6.59. The maximum Gasteiger partial charge on any atom is 0.264 e. The Labute approximate surface area is 130 Å². The van der Waals surface area contributed by atoms with Crippen molar-refractivity contribution in [1.29, 1.82) is 0 Å². The minimum Gasteiger partial charge on any atom is -0.399 e. The van der Waals surface area contributed by atoms with Crippen LogP contribution in [0.5, 0.6) is 0 Å². The van der Waals surface area contributed by atoms with Crippen LogP contribution in [0, 0.1) is 0 Å². The van der Waals surface area contributed by atoms with Crippen LogP contribution in [0.4, 0.5) is 5.69 Å². The molecule has 1 aromatic heterocycles. The highest BCUT2D eigenvalue weighted by atomic mass is 32.1. The topological polar surface area (TPSA) is 49.6 Å². The summed E-state index contributed by atoms with van der Waals surface area (Å²) in [7, 11) is 4.05. The molecule has 1 aromatic carbocycles. The normalized spacial score (nSPS) is 11.2. The van der Waals surface area contributed by atoms with Crippen molar-refractivity contribution in [3.63, 3.8) is 0 Å². The van der Waals surface area contributed by atoms with Crippen LogP contribution in [0.1, 0.15) is 23.0 Å². The summed E-state index contributed by atoms with van der Waals surface area (Å²) >= 11 is 1.54. The predicted octanol–water partition coefficient (Wildman–Crippen LogP) is 2.90. The number of amides is 1. The number of thiophene rings is 1. The number of rotatable bonds is 6. The lowest BCUT2D eigenvalue weighted by molar-refractivity contribution is 0.0750. The summed E-state index contributed by atoms with van der Waals surface area (Å²) in [5, 5.41) is 1.05. The molecule has 0 spiro atoms. The van der Waals surface area contributed by atoms with Gasteiger partial charge in [0, 0.05) is 30.0 Å². The van der Waals surface area contributed by atoms with E-state index in [0.29, 0.717) is 0 Å². The Balaban J connectivity index is 2.21. The number of nitrogens with two attached hydrogens (primary N) is 1. The van der Waals surface area contributed by atoms with Crippen molar-refractivity contribution in [1.82, 2.24) is 9.80 Å². The van der Waals surface area contributed by atoms with Gasteiger partial charge in [0.25, 0.3) is 5.91 Å². The third-order valence-electron chi connectivity index (χ3n) is 3.35. The summed E-state index contributed by atoms with van der Waals surface area (Å²) in [6.07, 6.45) is 0.969. The lowest BCUT2D eigenvalue weighted by Crippen LogP contribution is -2.36. The molecule has 0 aliphatic carbocycles. The maximum atomic E-state index is 12.7. The van der Waals surface area contributed by atoms with Crippen molar-refractivity contribution in [2.45, 2.75) is 13.3 Å². The number of carbonyl (C=O) groups is 1. The van der Waals surface area contributed by atoms with Crippen LogP contribution in [0.15, 0.2) is 24.3 Å². The summed E-state index contributed by atoms with van der Waals surface area (Å²) in [4.78, 5) is 17.5. The molecule has 4 nitrogen and oxygen atoms in total. The average Bonchev–Trinajstić information content (AvgIpc) is 2.85. The second-order valence-electron chi connectivity index (χ2n) is 5.50. The molecule has 0 bridgehead atoms. The Kier molecular flexibility index (Phi) is 5.20. The molecule has 0 saturated carbocycles. The molecular formula is C16H23N3OS. The fraction of sp³-hybridized carbons (Fsp3) is 0.438. The van der Waals surface area contributed by atoms with Crippen LogP contribution in [-0.4, -0.2) is 49.4 Å². The SMILES string of the molecule is CCCN(CCN(C)C)C(=O)c1cc2cc(N)ccc2s1. The number of fused-ring (bicyclic) bond motifs is 1. The van der Waals surface area contributed by atoms with Crippen molar-refractivity contribution in [3.8, 4) is 0 Å². The van der Waals surface area contributed by atoms with Crippen LogP contribution < -0.4 is 5.73 Å². The number of benzene rings is 1. The Hall–Kier alpha value is -1.59. The molecule has 21 heavy (non-hydrogen) atoms. The third-order valence-corrected chi connectivity index (χ3v) is 4.45. The van der Waals surface area contributed by atoms with E-state index in [9.17, 15) is 4.79 Å². The number of nitrogens with zero attached hydrogens (tertiary/aromatic N) is 2. The Morgan fingerprint density at radius 1 is 1.19 bits per heavy atom. The monoisotopic (exact) mass is 305 g/mol. The van der Waals surface area contributed by atoms with E-state index in [1.54, 1.807) is 11.3 Å². The minimum absolute atomic E-state index is 0.124. The molecule has 0 aliphatic rings. The van der Waals surface area contributed by atoms with E-state index in [0.717, 1.165) is 46.7 Å². The third kappa shape index (κ3) is 3.95. The molecule has 2 aromatic rings. The van der Waals surface area contributed by atoms with Crippen LogP contribution in [0.2, 0.25) is 0 Å². The van der Waals surface area contributed by atoms with Gasteiger partial charge in [0.1, 0.15) is 0 Å². The average molecular weight is 305 g/mol. The largest absolute Gasteiger partial charge is 0.399 e. The first-order valence-electron chi connectivity index (χ1n) is 7.24. The van der Waals surface area contributed by atoms with Crippen LogP contribution in [0.3, 0.4) is 0 Å². The first-order chi connectivity index (χ1) is 10.0. The predicted molar refractivity (Wildman–Crippen MR) is 91.0 cm³/mol. The maximum absolute atomic E-state index is 12.7. The molecule has 1 amide bonds. The zero-order valence-corrected chi connectivity index (χ0v) is 13.7. The molecular weight excluding hydrogens is 282 g/mol. The lowest BCUT2D eigenvalue weighted by Gasteiger charge is -2.23. The van der Waals surface area contributed by atoms with E-state index in [-0.39, 0.29) is 5.91 Å². The number of hydrogen-bond donors (Lipinski definition) is 1. The molecule has 0 aliphatic heterocycles. The zero-order chi connectivity index (χ0) is 15.4. The molecule has 1 heterocycles. The first kappa shape index (κ1) is 15.8. The number of hydrogen-bond acceptors (Lipinski definition) is 4. The van der Waals surface area contributed by atoms with Crippen molar-refractivity contribution in [3.05, 3.63) is 29.1 Å². The van der Waals surface area contributed by atoms with Gasteiger partial charge >= 0.3 is 0 Å².